The second-order valence-electron chi connectivity index (χ2n) is 5.84. The third kappa shape index (κ3) is 4.03. The molecule has 2 heterocycles. The molecular formula is C14H27N7. The lowest BCUT2D eigenvalue weighted by atomic mass is 10.2. The van der Waals surface area contributed by atoms with E-state index in [2.05, 4.69) is 44.2 Å². The van der Waals surface area contributed by atoms with Gasteiger partial charge >= 0.3 is 0 Å². The average Bonchev–Trinajstić information content (AvgIpc) is 2.47. The Morgan fingerprint density at radius 1 is 1.14 bits per heavy atom. The number of nitrogens with two attached hydrogens (primary N) is 1. The van der Waals surface area contributed by atoms with Gasteiger partial charge in [-0.1, -0.05) is 0 Å². The van der Waals surface area contributed by atoms with Crippen LogP contribution in [0.5, 0.6) is 0 Å². The first-order chi connectivity index (χ1) is 10.0. The Morgan fingerprint density at radius 3 is 2.38 bits per heavy atom. The molecule has 1 aromatic rings. The number of hydrazine groups is 1. The highest BCUT2D eigenvalue weighted by Gasteiger charge is 2.21. The molecule has 0 bridgehead atoms. The Kier molecular flexibility index (Phi) is 5.33. The molecule has 0 radical (unpaired) electrons. The van der Waals surface area contributed by atoms with Gasteiger partial charge in [-0.2, -0.15) is 0 Å². The third-order valence-electron chi connectivity index (χ3n) is 3.90. The second-order valence-corrected chi connectivity index (χ2v) is 5.84. The van der Waals surface area contributed by atoms with Gasteiger partial charge in [0.1, 0.15) is 17.5 Å². The fourth-order valence-corrected chi connectivity index (χ4v) is 2.59. The molecule has 0 aliphatic carbocycles. The molecule has 7 heteroatoms. The van der Waals surface area contributed by atoms with E-state index in [1.807, 2.05) is 13.8 Å². The molecule has 0 unspecified atom stereocenters. The molecular weight excluding hydrogens is 266 g/mol. The van der Waals surface area contributed by atoms with E-state index in [1.54, 1.807) is 0 Å². The zero-order valence-corrected chi connectivity index (χ0v) is 13.6. The summed E-state index contributed by atoms with van der Waals surface area (Å²) in [4.78, 5) is 16.0. The van der Waals surface area contributed by atoms with Crippen molar-refractivity contribution in [1.82, 2.24) is 19.8 Å². The first-order valence-corrected chi connectivity index (χ1v) is 7.45. The van der Waals surface area contributed by atoms with Crippen LogP contribution in [0.15, 0.2) is 0 Å². The van der Waals surface area contributed by atoms with E-state index in [-0.39, 0.29) is 0 Å². The van der Waals surface area contributed by atoms with Gasteiger partial charge in [-0.15, -0.1) is 0 Å². The predicted molar refractivity (Wildman–Crippen MR) is 86.5 cm³/mol. The first kappa shape index (κ1) is 15.9. The molecule has 0 aromatic carbocycles. The van der Waals surface area contributed by atoms with E-state index >= 15 is 0 Å². The van der Waals surface area contributed by atoms with Crippen LogP contribution >= 0.6 is 0 Å². The minimum Gasteiger partial charge on any atom is -0.354 e. The number of nitrogen functional groups attached to an aromatic ring is 1. The number of hydrogen-bond donors (Lipinski definition) is 2. The Hall–Kier alpha value is -1.44. The average molecular weight is 293 g/mol. The van der Waals surface area contributed by atoms with Crippen molar-refractivity contribution < 1.29 is 0 Å². The van der Waals surface area contributed by atoms with E-state index in [4.69, 9.17) is 5.84 Å². The molecule has 7 nitrogen and oxygen atoms in total. The second kappa shape index (κ2) is 7.02. The van der Waals surface area contributed by atoms with Gasteiger partial charge in [0.05, 0.1) is 0 Å². The Labute approximate surface area is 127 Å². The van der Waals surface area contributed by atoms with Gasteiger partial charge in [0.25, 0.3) is 0 Å². The zero-order chi connectivity index (χ0) is 15.4. The van der Waals surface area contributed by atoms with E-state index < -0.39 is 0 Å². The summed E-state index contributed by atoms with van der Waals surface area (Å²) in [5, 5.41) is 0. The van der Waals surface area contributed by atoms with Crippen molar-refractivity contribution in [3.63, 3.8) is 0 Å². The number of hydrogen-bond acceptors (Lipinski definition) is 7. The lowest BCUT2D eigenvalue weighted by molar-refractivity contribution is 0.229. The van der Waals surface area contributed by atoms with Crippen molar-refractivity contribution in [3.8, 4) is 0 Å². The van der Waals surface area contributed by atoms with Crippen molar-refractivity contribution in [2.75, 3.05) is 63.7 Å². The number of piperazine rings is 1. The zero-order valence-electron chi connectivity index (χ0n) is 13.6. The van der Waals surface area contributed by atoms with Crippen LogP contribution in [0.2, 0.25) is 0 Å². The van der Waals surface area contributed by atoms with Gasteiger partial charge in [0.2, 0.25) is 0 Å². The molecule has 0 amide bonds. The summed E-state index contributed by atoms with van der Waals surface area (Å²) in [6.45, 7) is 10.3. The largest absolute Gasteiger partial charge is 0.354 e. The minimum atomic E-state index is 0.715. The summed E-state index contributed by atoms with van der Waals surface area (Å²) in [5.74, 6) is 8.00. The number of anilines is 2. The number of rotatable bonds is 5. The van der Waals surface area contributed by atoms with Crippen molar-refractivity contribution in [1.29, 1.82) is 0 Å². The smallest absolute Gasteiger partial charge is 0.148 e. The Balaban J connectivity index is 2.00. The number of aryl methyl sites for hydroxylation is 1. The van der Waals surface area contributed by atoms with Crippen molar-refractivity contribution in [2.24, 2.45) is 5.84 Å². The van der Waals surface area contributed by atoms with E-state index in [0.717, 1.165) is 56.5 Å². The molecule has 3 N–H and O–H groups in total. The molecule has 1 fully saturated rings. The molecule has 2 rings (SSSR count). The van der Waals surface area contributed by atoms with Gasteiger partial charge in [-0.25, -0.2) is 15.8 Å². The highest BCUT2D eigenvalue weighted by atomic mass is 15.3. The summed E-state index contributed by atoms with van der Waals surface area (Å²) in [6.07, 6.45) is 0. The summed E-state index contributed by atoms with van der Waals surface area (Å²) >= 11 is 0. The maximum absolute atomic E-state index is 5.54. The van der Waals surface area contributed by atoms with E-state index in [0.29, 0.717) is 5.82 Å². The van der Waals surface area contributed by atoms with Crippen LogP contribution in [0.4, 0.5) is 11.6 Å². The highest BCUT2D eigenvalue weighted by Crippen LogP contribution is 2.23. The predicted octanol–water partition coefficient (Wildman–Crippen LogP) is 0.0626. The molecule has 0 saturated carbocycles. The third-order valence-corrected chi connectivity index (χ3v) is 3.90. The summed E-state index contributed by atoms with van der Waals surface area (Å²) < 4.78 is 0. The molecule has 0 atom stereocenters. The minimum absolute atomic E-state index is 0.715. The maximum atomic E-state index is 5.54. The van der Waals surface area contributed by atoms with Crippen molar-refractivity contribution >= 4 is 11.6 Å². The lowest BCUT2D eigenvalue weighted by Crippen LogP contribution is -2.48. The molecule has 118 valence electrons. The monoisotopic (exact) mass is 293 g/mol. The van der Waals surface area contributed by atoms with Crippen LogP contribution in [0.1, 0.15) is 11.4 Å². The number of aromatic nitrogens is 2. The Morgan fingerprint density at radius 2 is 1.81 bits per heavy atom. The maximum Gasteiger partial charge on any atom is 0.148 e. The fourth-order valence-electron chi connectivity index (χ4n) is 2.59. The number of nitrogens with zero attached hydrogens (tertiary/aromatic N) is 5. The standard InChI is InChI=1S/C14H27N7/c1-11-13(18-15)16-12(2)17-14(11)21-9-7-20(8-10-21)6-5-19(3)4/h5-10,15H2,1-4H3,(H,16,17,18). The topological polar surface area (TPSA) is 73.6 Å². The van der Waals surface area contributed by atoms with Gasteiger partial charge in [0.15, 0.2) is 0 Å². The molecule has 1 aliphatic rings. The molecule has 21 heavy (non-hydrogen) atoms. The van der Waals surface area contributed by atoms with Crippen LogP contribution in [-0.4, -0.2) is 73.1 Å². The first-order valence-electron chi connectivity index (χ1n) is 7.45. The highest BCUT2D eigenvalue weighted by molar-refractivity contribution is 5.58. The van der Waals surface area contributed by atoms with Crippen molar-refractivity contribution in [2.45, 2.75) is 13.8 Å². The van der Waals surface area contributed by atoms with Gasteiger partial charge in [0, 0.05) is 44.8 Å². The molecule has 1 aromatic heterocycles. The quantitative estimate of drug-likeness (QED) is 0.587. The summed E-state index contributed by atoms with van der Waals surface area (Å²) in [6, 6.07) is 0. The van der Waals surface area contributed by atoms with Crippen LogP contribution in [0.25, 0.3) is 0 Å². The normalized spacial score (nSPS) is 16.6. The van der Waals surface area contributed by atoms with Crippen LogP contribution in [-0.2, 0) is 0 Å². The molecule has 1 saturated heterocycles. The van der Waals surface area contributed by atoms with Gasteiger partial charge < -0.3 is 15.2 Å². The Bertz CT molecular complexity index is 467. The van der Waals surface area contributed by atoms with E-state index in [9.17, 15) is 0 Å². The van der Waals surface area contributed by atoms with Gasteiger partial charge in [-0.3, -0.25) is 4.90 Å². The summed E-state index contributed by atoms with van der Waals surface area (Å²) in [7, 11) is 4.23. The number of nitrogens with one attached hydrogen (secondary N) is 1. The lowest BCUT2D eigenvalue weighted by Gasteiger charge is -2.36. The van der Waals surface area contributed by atoms with Crippen LogP contribution in [0, 0.1) is 13.8 Å². The van der Waals surface area contributed by atoms with Crippen LogP contribution in [0.3, 0.4) is 0 Å². The summed E-state index contributed by atoms with van der Waals surface area (Å²) in [5.41, 5.74) is 3.68. The fraction of sp³-hybridized carbons (Fsp3) is 0.714. The van der Waals surface area contributed by atoms with Gasteiger partial charge in [-0.05, 0) is 27.9 Å². The molecule has 1 aliphatic heterocycles. The van der Waals surface area contributed by atoms with Crippen LogP contribution < -0.4 is 16.2 Å². The number of likely N-dealkylation sites (N-methyl/N-ethyl adjacent to an activating group) is 1. The molecule has 0 spiro atoms. The van der Waals surface area contributed by atoms with E-state index in [1.165, 1.54) is 0 Å². The van der Waals surface area contributed by atoms with Crippen molar-refractivity contribution in [3.05, 3.63) is 11.4 Å². The SMILES string of the molecule is Cc1nc(NN)c(C)c(N2CCN(CCN(C)C)CC2)n1.